The van der Waals surface area contributed by atoms with Gasteiger partial charge in [-0.1, -0.05) is 34.1 Å². The SMILES string of the molecule is CC.CCCC(CN(C)CC)NC#N. The smallest absolute Gasteiger partial charge is 0.176 e. The van der Waals surface area contributed by atoms with Gasteiger partial charge < -0.3 is 10.2 Å². The second-order valence-corrected chi connectivity index (χ2v) is 3.10. The van der Waals surface area contributed by atoms with E-state index >= 15 is 0 Å². The molecule has 0 aliphatic heterocycles. The van der Waals surface area contributed by atoms with Gasteiger partial charge >= 0.3 is 0 Å². The maximum Gasteiger partial charge on any atom is 0.176 e. The topological polar surface area (TPSA) is 39.1 Å². The van der Waals surface area contributed by atoms with Gasteiger partial charge in [-0.2, -0.15) is 5.26 Å². The zero-order valence-electron chi connectivity index (χ0n) is 10.3. The molecule has 1 atom stereocenters. The lowest BCUT2D eigenvalue weighted by molar-refractivity contribution is 0.305. The molecule has 0 saturated heterocycles. The van der Waals surface area contributed by atoms with Gasteiger partial charge in [0.15, 0.2) is 6.19 Å². The first kappa shape index (κ1) is 15.7. The molecule has 0 aromatic carbocycles. The van der Waals surface area contributed by atoms with E-state index in [-0.39, 0.29) is 0 Å². The lowest BCUT2D eigenvalue weighted by Gasteiger charge is -2.21. The van der Waals surface area contributed by atoms with Crippen LogP contribution in [0.1, 0.15) is 40.5 Å². The Morgan fingerprint density at radius 2 is 1.93 bits per heavy atom. The normalized spacial score (nSPS) is 11.2. The van der Waals surface area contributed by atoms with Crippen molar-refractivity contribution >= 4 is 0 Å². The maximum atomic E-state index is 8.47. The summed E-state index contributed by atoms with van der Waals surface area (Å²) in [5, 5.41) is 11.3. The molecule has 0 bridgehead atoms. The van der Waals surface area contributed by atoms with Crippen molar-refractivity contribution in [3.63, 3.8) is 0 Å². The molecule has 84 valence electrons. The van der Waals surface area contributed by atoms with Crippen molar-refractivity contribution in [3.05, 3.63) is 0 Å². The van der Waals surface area contributed by atoms with Gasteiger partial charge in [-0.3, -0.25) is 0 Å². The van der Waals surface area contributed by atoms with Gasteiger partial charge in [-0.05, 0) is 20.0 Å². The van der Waals surface area contributed by atoms with Crippen LogP contribution in [0, 0.1) is 11.5 Å². The third-order valence-electron chi connectivity index (χ3n) is 1.98. The van der Waals surface area contributed by atoms with Crippen molar-refractivity contribution in [2.45, 2.75) is 46.6 Å². The van der Waals surface area contributed by atoms with Crippen LogP contribution in [0.3, 0.4) is 0 Å². The fourth-order valence-corrected chi connectivity index (χ4v) is 1.15. The fraction of sp³-hybridized carbons (Fsp3) is 0.909. The molecule has 0 aliphatic carbocycles. The molecule has 0 spiro atoms. The Labute approximate surface area is 89.1 Å². The number of hydrogen-bond donors (Lipinski definition) is 1. The summed E-state index contributed by atoms with van der Waals surface area (Å²) in [5.74, 6) is 0. The highest BCUT2D eigenvalue weighted by Crippen LogP contribution is 1.97. The summed E-state index contributed by atoms with van der Waals surface area (Å²) in [6, 6.07) is 0.324. The predicted molar refractivity (Wildman–Crippen MR) is 62.0 cm³/mol. The summed E-state index contributed by atoms with van der Waals surface area (Å²) in [6.45, 7) is 10.2. The quantitative estimate of drug-likeness (QED) is 0.526. The van der Waals surface area contributed by atoms with Gasteiger partial charge in [-0.15, -0.1) is 0 Å². The van der Waals surface area contributed by atoms with E-state index in [9.17, 15) is 0 Å². The van der Waals surface area contributed by atoms with E-state index in [1.165, 1.54) is 0 Å². The molecule has 0 rings (SSSR count). The molecule has 1 unspecified atom stereocenters. The van der Waals surface area contributed by atoms with Crippen molar-refractivity contribution in [3.8, 4) is 6.19 Å². The van der Waals surface area contributed by atoms with Gasteiger partial charge in [0.2, 0.25) is 0 Å². The van der Waals surface area contributed by atoms with Crippen LogP contribution in [-0.4, -0.2) is 31.1 Å². The average molecular weight is 199 g/mol. The Bertz CT molecular complexity index is 140. The van der Waals surface area contributed by atoms with Crippen molar-refractivity contribution in [2.24, 2.45) is 0 Å². The molecule has 3 heteroatoms. The molecule has 0 amide bonds. The number of nitrogens with zero attached hydrogens (tertiary/aromatic N) is 2. The highest BCUT2D eigenvalue weighted by Gasteiger charge is 2.07. The summed E-state index contributed by atoms with van der Waals surface area (Å²) < 4.78 is 0. The van der Waals surface area contributed by atoms with Crippen LogP contribution in [0.2, 0.25) is 0 Å². The second-order valence-electron chi connectivity index (χ2n) is 3.10. The first-order valence-electron chi connectivity index (χ1n) is 5.57. The maximum absolute atomic E-state index is 8.47. The summed E-state index contributed by atoms with van der Waals surface area (Å²) in [5.41, 5.74) is 0. The number of hydrogen-bond acceptors (Lipinski definition) is 3. The van der Waals surface area contributed by atoms with Gasteiger partial charge in [0.05, 0.1) is 0 Å². The van der Waals surface area contributed by atoms with Gasteiger partial charge in [0, 0.05) is 12.6 Å². The molecule has 0 aromatic heterocycles. The van der Waals surface area contributed by atoms with E-state index in [1.54, 1.807) is 0 Å². The Hall–Kier alpha value is -0.750. The predicted octanol–water partition coefficient (Wildman–Crippen LogP) is 2.20. The average Bonchev–Trinajstić information content (AvgIpc) is 2.21. The Kier molecular flexibility index (Phi) is 13.7. The third-order valence-corrected chi connectivity index (χ3v) is 1.98. The molecule has 0 heterocycles. The minimum absolute atomic E-state index is 0.324. The first-order valence-corrected chi connectivity index (χ1v) is 5.57. The zero-order chi connectivity index (χ0) is 11.4. The van der Waals surface area contributed by atoms with E-state index < -0.39 is 0 Å². The molecular weight excluding hydrogens is 174 g/mol. The van der Waals surface area contributed by atoms with Crippen molar-refractivity contribution in [1.82, 2.24) is 10.2 Å². The standard InChI is InChI=1S/C9H19N3.C2H6/c1-4-6-9(11-8-10)7-12(3)5-2;1-2/h9,11H,4-7H2,1-3H3;1-2H3. The fourth-order valence-electron chi connectivity index (χ4n) is 1.15. The number of rotatable bonds is 6. The van der Waals surface area contributed by atoms with Crippen molar-refractivity contribution in [1.29, 1.82) is 5.26 Å². The number of likely N-dealkylation sites (N-methyl/N-ethyl adjacent to an activating group) is 1. The lowest BCUT2D eigenvalue weighted by Crippen LogP contribution is -2.37. The molecular formula is C11H25N3. The van der Waals surface area contributed by atoms with Crippen LogP contribution < -0.4 is 5.32 Å². The molecule has 0 fully saturated rings. The Morgan fingerprint density at radius 3 is 2.29 bits per heavy atom. The van der Waals surface area contributed by atoms with Gasteiger partial charge in [0.25, 0.3) is 0 Å². The monoisotopic (exact) mass is 199 g/mol. The third kappa shape index (κ3) is 9.34. The van der Waals surface area contributed by atoms with E-state index in [1.807, 2.05) is 20.0 Å². The molecule has 0 aromatic rings. The minimum Gasteiger partial charge on any atom is -0.319 e. The van der Waals surface area contributed by atoms with Crippen LogP contribution in [0.5, 0.6) is 0 Å². The molecule has 0 saturated carbocycles. The van der Waals surface area contributed by atoms with E-state index in [4.69, 9.17) is 5.26 Å². The molecule has 3 nitrogen and oxygen atoms in total. The summed E-state index contributed by atoms with van der Waals surface area (Å²) in [7, 11) is 2.07. The van der Waals surface area contributed by atoms with Crippen LogP contribution in [0.15, 0.2) is 0 Å². The van der Waals surface area contributed by atoms with Crippen molar-refractivity contribution < 1.29 is 0 Å². The van der Waals surface area contributed by atoms with Crippen LogP contribution in [-0.2, 0) is 0 Å². The zero-order valence-corrected chi connectivity index (χ0v) is 10.3. The minimum atomic E-state index is 0.324. The van der Waals surface area contributed by atoms with Crippen molar-refractivity contribution in [2.75, 3.05) is 20.1 Å². The molecule has 1 N–H and O–H groups in total. The molecule has 14 heavy (non-hydrogen) atoms. The van der Waals surface area contributed by atoms with E-state index in [2.05, 4.69) is 31.1 Å². The van der Waals surface area contributed by atoms with Crippen LogP contribution >= 0.6 is 0 Å². The number of nitrogens with one attached hydrogen (secondary N) is 1. The summed E-state index contributed by atoms with van der Waals surface area (Å²) in [4.78, 5) is 2.21. The largest absolute Gasteiger partial charge is 0.319 e. The van der Waals surface area contributed by atoms with Crippen LogP contribution in [0.4, 0.5) is 0 Å². The Balaban J connectivity index is 0. The summed E-state index contributed by atoms with van der Waals surface area (Å²) in [6.07, 6.45) is 4.19. The lowest BCUT2D eigenvalue weighted by atomic mass is 10.1. The van der Waals surface area contributed by atoms with E-state index in [0.29, 0.717) is 6.04 Å². The highest BCUT2D eigenvalue weighted by molar-refractivity contribution is 4.77. The summed E-state index contributed by atoms with van der Waals surface area (Å²) >= 11 is 0. The van der Waals surface area contributed by atoms with Gasteiger partial charge in [-0.25, -0.2) is 0 Å². The molecule has 0 radical (unpaired) electrons. The first-order chi connectivity index (χ1) is 6.74. The van der Waals surface area contributed by atoms with Gasteiger partial charge in [0.1, 0.15) is 0 Å². The Morgan fingerprint density at radius 1 is 1.36 bits per heavy atom. The van der Waals surface area contributed by atoms with E-state index in [0.717, 1.165) is 25.9 Å². The number of nitriles is 1. The highest BCUT2D eigenvalue weighted by atomic mass is 15.1. The second kappa shape index (κ2) is 12.2. The molecule has 0 aliphatic rings. The van der Waals surface area contributed by atoms with Crippen LogP contribution in [0.25, 0.3) is 0 Å².